The molecular weight excluding hydrogens is 204 g/mol. The molecule has 0 fully saturated rings. The van der Waals surface area contributed by atoms with Crippen LogP contribution >= 0.6 is 0 Å². The van der Waals surface area contributed by atoms with Gasteiger partial charge in [-0.2, -0.15) is 0 Å². The molecule has 3 heteroatoms. The summed E-state index contributed by atoms with van der Waals surface area (Å²) in [5.74, 6) is 0. The van der Waals surface area contributed by atoms with Crippen LogP contribution in [0.5, 0.6) is 0 Å². The number of benzene rings is 1. The van der Waals surface area contributed by atoms with E-state index in [9.17, 15) is 5.11 Å². The SMILES string of the molecule is OCCCCC(O)COCc1ccccc1. The molecule has 0 aliphatic heterocycles. The average Bonchev–Trinajstić information content (AvgIpc) is 2.31. The maximum atomic E-state index is 9.55. The van der Waals surface area contributed by atoms with Crippen LogP contribution in [0.25, 0.3) is 0 Å². The van der Waals surface area contributed by atoms with Crippen LogP contribution in [0, 0.1) is 0 Å². The van der Waals surface area contributed by atoms with E-state index in [0.29, 0.717) is 19.6 Å². The molecule has 0 aromatic heterocycles. The first kappa shape index (κ1) is 13.2. The van der Waals surface area contributed by atoms with E-state index in [1.165, 1.54) is 0 Å². The van der Waals surface area contributed by atoms with Gasteiger partial charge in [-0.3, -0.25) is 0 Å². The number of hydrogen-bond acceptors (Lipinski definition) is 3. The highest BCUT2D eigenvalue weighted by Gasteiger charge is 2.03. The minimum absolute atomic E-state index is 0.192. The number of rotatable bonds is 8. The Labute approximate surface area is 96.7 Å². The minimum atomic E-state index is -0.421. The van der Waals surface area contributed by atoms with Crippen molar-refractivity contribution in [1.82, 2.24) is 0 Å². The average molecular weight is 224 g/mol. The van der Waals surface area contributed by atoms with Gasteiger partial charge in [-0.15, -0.1) is 0 Å². The van der Waals surface area contributed by atoms with Gasteiger partial charge in [0.25, 0.3) is 0 Å². The van der Waals surface area contributed by atoms with Crippen molar-refractivity contribution in [2.75, 3.05) is 13.2 Å². The molecule has 1 atom stereocenters. The van der Waals surface area contributed by atoms with E-state index in [2.05, 4.69) is 0 Å². The van der Waals surface area contributed by atoms with Crippen LogP contribution in [0.4, 0.5) is 0 Å². The van der Waals surface area contributed by atoms with Crippen molar-refractivity contribution in [3.05, 3.63) is 35.9 Å². The predicted octanol–water partition coefficient (Wildman–Crippen LogP) is 1.73. The fourth-order valence-electron chi connectivity index (χ4n) is 1.46. The zero-order chi connectivity index (χ0) is 11.6. The van der Waals surface area contributed by atoms with E-state index >= 15 is 0 Å². The molecule has 3 nitrogen and oxygen atoms in total. The summed E-state index contributed by atoms with van der Waals surface area (Å²) in [4.78, 5) is 0. The molecule has 2 N–H and O–H groups in total. The van der Waals surface area contributed by atoms with Crippen LogP contribution < -0.4 is 0 Å². The first-order valence-electron chi connectivity index (χ1n) is 5.73. The smallest absolute Gasteiger partial charge is 0.0773 e. The van der Waals surface area contributed by atoms with E-state index in [4.69, 9.17) is 9.84 Å². The summed E-state index contributed by atoms with van der Waals surface area (Å²) >= 11 is 0. The lowest BCUT2D eigenvalue weighted by molar-refractivity contribution is 0.0229. The molecule has 1 aromatic carbocycles. The zero-order valence-corrected chi connectivity index (χ0v) is 9.51. The highest BCUT2D eigenvalue weighted by atomic mass is 16.5. The van der Waals surface area contributed by atoms with E-state index < -0.39 is 6.10 Å². The molecule has 0 saturated heterocycles. The number of hydrogen-bond donors (Lipinski definition) is 2. The second-order valence-electron chi connectivity index (χ2n) is 3.87. The molecule has 0 bridgehead atoms. The lowest BCUT2D eigenvalue weighted by Gasteiger charge is -2.10. The molecule has 0 aliphatic carbocycles. The van der Waals surface area contributed by atoms with Crippen LogP contribution in [0.2, 0.25) is 0 Å². The van der Waals surface area contributed by atoms with Gasteiger partial charge in [0, 0.05) is 6.61 Å². The second kappa shape index (κ2) is 8.28. The lowest BCUT2D eigenvalue weighted by atomic mass is 10.2. The Morgan fingerprint density at radius 1 is 1.12 bits per heavy atom. The summed E-state index contributed by atoms with van der Waals surface area (Å²) in [5.41, 5.74) is 1.12. The largest absolute Gasteiger partial charge is 0.396 e. The summed E-state index contributed by atoms with van der Waals surface area (Å²) in [5, 5.41) is 18.1. The van der Waals surface area contributed by atoms with Gasteiger partial charge >= 0.3 is 0 Å². The fraction of sp³-hybridized carbons (Fsp3) is 0.538. The molecule has 1 unspecified atom stereocenters. The molecular formula is C13H20O3. The molecule has 1 rings (SSSR count). The second-order valence-corrected chi connectivity index (χ2v) is 3.87. The Balaban J connectivity index is 2.06. The van der Waals surface area contributed by atoms with Crippen LogP contribution in [0.1, 0.15) is 24.8 Å². The summed E-state index contributed by atoms with van der Waals surface area (Å²) in [7, 11) is 0. The number of aliphatic hydroxyl groups excluding tert-OH is 2. The minimum Gasteiger partial charge on any atom is -0.396 e. The van der Waals surface area contributed by atoms with Gasteiger partial charge in [0.1, 0.15) is 0 Å². The van der Waals surface area contributed by atoms with Crippen molar-refractivity contribution >= 4 is 0 Å². The topological polar surface area (TPSA) is 49.7 Å². The zero-order valence-electron chi connectivity index (χ0n) is 9.51. The number of unbranched alkanes of at least 4 members (excludes halogenated alkanes) is 1. The Morgan fingerprint density at radius 3 is 2.56 bits per heavy atom. The summed E-state index contributed by atoms with van der Waals surface area (Å²) < 4.78 is 5.40. The summed E-state index contributed by atoms with van der Waals surface area (Å²) in [6, 6.07) is 9.90. The molecule has 0 radical (unpaired) electrons. The van der Waals surface area contributed by atoms with Crippen molar-refractivity contribution in [2.24, 2.45) is 0 Å². The van der Waals surface area contributed by atoms with E-state index in [-0.39, 0.29) is 6.61 Å². The van der Waals surface area contributed by atoms with Gasteiger partial charge in [-0.25, -0.2) is 0 Å². The third-order valence-corrected chi connectivity index (χ3v) is 2.37. The highest BCUT2D eigenvalue weighted by Crippen LogP contribution is 2.04. The fourth-order valence-corrected chi connectivity index (χ4v) is 1.46. The molecule has 0 saturated carbocycles. The quantitative estimate of drug-likeness (QED) is 0.661. The van der Waals surface area contributed by atoms with Crippen LogP contribution in [-0.2, 0) is 11.3 Å². The number of aliphatic hydroxyl groups is 2. The molecule has 0 aliphatic rings. The van der Waals surface area contributed by atoms with Gasteiger partial charge < -0.3 is 14.9 Å². The molecule has 16 heavy (non-hydrogen) atoms. The Bertz CT molecular complexity index is 261. The molecule has 0 spiro atoms. The molecule has 0 amide bonds. The highest BCUT2D eigenvalue weighted by molar-refractivity contribution is 5.13. The van der Waals surface area contributed by atoms with Crippen molar-refractivity contribution in [2.45, 2.75) is 32.0 Å². The molecule has 0 heterocycles. The molecule has 90 valence electrons. The van der Waals surface area contributed by atoms with Crippen molar-refractivity contribution in [3.63, 3.8) is 0 Å². The van der Waals surface area contributed by atoms with Gasteiger partial charge in [-0.05, 0) is 24.8 Å². The van der Waals surface area contributed by atoms with Gasteiger partial charge in [0.2, 0.25) is 0 Å². The van der Waals surface area contributed by atoms with Gasteiger partial charge in [0.05, 0.1) is 19.3 Å². The first-order chi connectivity index (χ1) is 7.83. The van der Waals surface area contributed by atoms with Crippen LogP contribution in [-0.4, -0.2) is 29.5 Å². The standard InChI is InChI=1S/C13H20O3/c14-9-5-4-8-13(15)11-16-10-12-6-2-1-3-7-12/h1-3,6-7,13-15H,4-5,8-11H2. The normalized spacial score (nSPS) is 12.6. The Morgan fingerprint density at radius 2 is 1.88 bits per heavy atom. The summed E-state index contributed by atoms with van der Waals surface area (Å²) in [6.45, 7) is 1.09. The van der Waals surface area contributed by atoms with E-state index in [1.807, 2.05) is 30.3 Å². The van der Waals surface area contributed by atoms with E-state index in [0.717, 1.165) is 18.4 Å². The maximum absolute atomic E-state index is 9.55. The van der Waals surface area contributed by atoms with Gasteiger partial charge in [-0.1, -0.05) is 30.3 Å². The van der Waals surface area contributed by atoms with E-state index in [1.54, 1.807) is 0 Å². The van der Waals surface area contributed by atoms with Crippen molar-refractivity contribution in [1.29, 1.82) is 0 Å². The van der Waals surface area contributed by atoms with Crippen molar-refractivity contribution < 1.29 is 14.9 Å². The predicted molar refractivity (Wildman–Crippen MR) is 63.0 cm³/mol. The third-order valence-electron chi connectivity index (χ3n) is 2.37. The third kappa shape index (κ3) is 5.85. The van der Waals surface area contributed by atoms with Crippen molar-refractivity contribution in [3.8, 4) is 0 Å². The first-order valence-corrected chi connectivity index (χ1v) is 5.73. The van der Waals surface area contributed by atoms with Gasteiger partial charge in [0.15, 0.2) is 0 Å². The lowest BCUT2D eigenvalue weighted by Crippen LogP contribution is -2.15. The number of ether oxygens (including phenoxy) is 1. The summed E-state index contributed by atoms with van der Waals surface area (Å²) in [6.07, 6.45) is 1.85. The Kier molecular flexibility index (Phi) is 6.81. The molecule has 1 aromatic rings. The Hall–Kier alpha value is -0.900. The van der Waals surface area contributed by atoms with Crippen LogP contribution in [0.15, 0.2) is 30.3 Å². The van der Waals surface area contributed by atoms with Crippen LogP contribution in [0.3, 0.4) is 0 Å². The maximum Gasteiger partial charge on any atom is 0.0773 e. The monoisotopic (exact) mass is 224 g/mol.